The average Bonchev–Trinajstić information content (AvgIpc) is 3.09. The number of aromatic amines is 1. The molecule has 0 unspecified atom stereocenters. The first kappa shape index (κ1) is 12.4. The van der Waals surface area contributed by atoms with Crippen molar-refractivity contribution in [1.82, 2.24) is 24.9 Å². The number of aromatic nitrogens is 5. The zero-order valence-electron chi connectivity index (χ0n) is 10.5. The van der Waals surface area contributed by atoms with Crippen LogP contribution in [0.3, 0.4) is 0 Å². The molecule has 20 heavy (non-hydrogen) atoms. The number of H-pyrrole nitrogens is 1. The Labute approximate surface area is 118 Å². The highest BCUT2D eigenvalue weighted by Crippen LogP contribution is 2.21. The van der Waals surface area contributed by atoms with E-state index in [1.165, 1.54) is 11.3 Å². The van der Waals surface area contributed by atoms with Crippen molar-refractivity contribution >= 4 is 23.2 Å². The number of carbonyl (C=O) groups is 1. The number of hydrogen-bond donors (Lipinski definition) is 2. The summed E-state index contributed by atoms with van der Waals surface area (Å²) in [7, 11) is 0. The molecule has 0 radical (unpaired) electrons. The molecule has 0 atom stereocenters. The Morgan fingerprint density at radius 2 is 2.20 bits per heavy atom. The number of amides is 1. The van der Waals surface area contributed by atoms with Crippen LogP contribution in [-0.2, 0) is 0 Å². The molecule has 3 aromatic heterocycles. The minimum absolute atomic E-state index is 0.314. The molecule has 7 nitrogen and oxygen atoms in total. The predicted octanol–water partition coefficient (Wildman–Crippen LogP) is 1.88. The van der Waals surface area contributed by atoms with Gasteiger partial charge in [-0.3, -0.25) is 20.1 Å². The SMILES string of the molecule is Cc1cnc(NC(=O)c2csc(-c3cnccn3)n2)[nH]1. The molecule has 2 N–H and O–H groups in total. The third-order valence-electron chi connectivity index (χ3n) is 2.45. The van der Waals surface area contributed by atoms with E-state index in [0.29, 0.717) is 22.3 Å². The fourth-order valence-electron chi connectivity index (χ4n) is 1.55. The number of aryl methyl sites for hydroxylation is 1. The molecule has 0 aliphatic carbocycles. The van der Waals surface area contributed by atoms with E-state index in [1.807, 2.05) is 6.92 Å². The van der Waals surface area contributed by atoms with Crippen molar-refractivity contribution in [1.29, 1.82) is 0 Å². The van der Waals surface area contributed by atoms with Gasteiger partial charge in [0.05, 0.1) is 6.20 Å². The molecule has 0 fully saturated rings. The Hall–Kier alpha value is -2.61. The average molecular weight is 286 g/mol. The Bertz CT molecular complexity index is 735. The van der Waals surface area contributed by atoms with E-state index >= 15 is 0 Å². The van der Waals surface area contributed by atoms with E-state index in [-0.39, 0.29) is 5.91 Å². The minimum atomic E-state index is -0.314. The molecule has 0 spiro atoms. The topological polar surface area (TPSA) is 96.5 Å². The van der Waals surface area contributed by atoms with Gasteiger partial charge >= 0.3 is 0 Å². The summed E-state index contributed by atoms with van der Waals surface area (Å²) in [5.41, 5.74) is 1.84. The molecule has 3 rings (SSSR count). The van der Waals surface area contributed by atoms with Crippen molar-refractivity contribution in [3.8, 4) is 10.7 Å². The number of rotatable bonds is 3. The third-order valence-corrected chi connectivity index (χ3v) is 3.32. The van der Waals surface area contributed by atoms with Crippen LogP contribution in [0.5, 0.6) is 0 Å². The van der Waals surface area contributed by atoms with Crippen LogP contribution in [0.2, 0.25) is 0 Å². The first-order valence-corrected chi connectivity index (χ1v) is 6.65. The minimum Gasteiger partial charge on any atom is -0.328 e. The lowest BCUT2D eigenvalue weighted by atomic mass is 10.4. The van der Waals surface area contributed by atoms with Gasteiger partial charge in [0.15, 0.2) is 0 Å². The molecule has 8 heteroatoms. The maximum Gasteiger partial charge on any atom is 0.277 e. The van der Waals surface area contributed by atoms with Gasteiger partial charge in [0.2, 0.25) is 5.95 Å². The molecular formula is C12H10N6OS. The first-order valence-electron chi connectivity index (χ1n) is 5.77. The van der Waals surface area contributed by atoms with Crippen molar-refractivity contribution in [2.45, 2.75) is 6.92 Å². The summed E-state index contributed by atoms with van der Waals surface area (Å²) < 4.78 is 0. The van der Waals surface area contributed by atoms with E-state index < -0.39 is 0 Å². The van der Waals surface area contributed by atoms with Gasteiger partial charge in [0, 0.05) is 29.7 Å². The Morgan fingerprint density at radius 1 is 1.30 bits per heavy atom. The van der Waals surface area contributed by atoms with Crippen molar-refractivity contribution in [3.63, 3.8) is 0 Å². The van der Waals surface area contributed by atoms with Crippen LogP contribution in [0, 0.1) is 6.92 Å². The maximum absolute atomic E-state index is 12.0. The summed E-state index contributed by atoms with van der Waals surface area (Å²) in [5, 5.41) is 4.97. The molecule has 0 aromatic carbocycles. The van der Waals surface area contributed by atoms with Crippen LogP contribution in [0.15, 0.2) is 30.2 Å². The zero-order valence-corrected chi connectivity index (χ0v) is 11.3. The van der Waals surface area contributed by atoms with Crippen LogP contribution in [-0.4, -0.2) is 30.8 Å². The molecule has 1 amide bonds. The molecule has 3 heterocycles. The Kier molecular flexibility index (Phi) is 3.21. The molecule has 3 aromatic rings. The standard InChI is InChI=1S/C12H10N6OS/c1-7-4-15-12(16-7)18-10(19)9-6-20-11(17-9)8-5-13-2-3-14-8/h2-6H,1H3,(H2,15,16,18,19). The summed E-state index contributed by atoms with van der Waals surface area (Å²) >= 11 is 1.34. The number of hydrogen-bond acceptors (Lipinski definition) is 6. The van der Waals surface area contributed by atoms with E-state index in [2.05, 4.69) is 30.2 Å². The fraction of sp³-hybridized carbons (Fsp3) is 0.0833. The summed E-state index contributed by atoms with van der Waals surface area (Å²) in [4.78, 5) is 31.3. The molecule has 0 saturated carbocycles. The quantitative estimate of drug-likeness (QED) is 0.766. The van der Waals surface area contributed by atoms with Crippen LogP contribution in [0.25, 0.3) is 10.7 Å². The van der Waals surface area contributed by atoms with Crippen LogP contribution < -0.4 is 5.32 Å². The van der Waals surface area contributed by atoms with E-state index in [1.54, 1.807) is 30.2 Å². The van der Waals surface area contributed by atoms with Crippen LogP contribution >= 0.6 is 11.3 Å². The number of nitrogens with zero attached hydrogens (tertiary/aromatic N) is 4. The third kappa shape index (κ3) is 2.54. The normalized spacial score (nSPS) is 10.4. The van der Waals surface area contributed by atoms with Gasteiger partial charge in [0.25, 0.3) is 5.91 Å². The number of thiazole rings is 1. The second kappa shape index (κ2) is 5.17. The van der Waals surface area contributed by atoms with Gasteiger partial charge in [0.1, 0.15) is 16.4 Å². The summed E-state index contributed by atoms with van der Waals surface area (Å²) in [6.07, 6.45) is 6.42. The van der Waals surface area contributed by atoms with Crippen LogP contribution in [0.1, 0.15) is 16.2 Å². The number of imidazole rings is 1. The van der Waals surface area contributed by atoms with E-state index in [0.717, 1.165) is 5.69 Å². The highest BCUT2D eigenvalue weighted by Gasteiger charge is 2.13. The number of nitrogens with one attached hydrogen (secondary N) is 2. The van der Waals surface area contributed by atoms with E-state index in [9.17, 15) is 4.79 Å². The molecular weight excluding hydrogens is 276 g/mol. The van der Waals surface area contributed by atoms with Gasteiger partial charge in [-0.15, -0.1) is 11.3 Å². The first-order chi connectivity index (χ1) is 9.72. The smallest absolute Gasteiger partial charge is 0.277 e. The monoisotopic (exact) mass is 286 g/mol. The highest BCUT2D eigenvalue weighted by molar-refractivity contribution is 7.13. The van der Waals surface area contributed by atoms with Gasteiger partial charge in [-0.2, -0.15) is 0 Å². The summed E-state index contributed by atoms with van der Waals surface area (Å²) in [6.45, 7) is 1.86. The lowest BCUT2D eigenvalue weighted by Crippen LogP contribution is -2.13. The van der Waals surface area contributed by atoms with Gasteiger partial charge in [-0.05, 0) is 6.92 Å². The fourth-order valence-corrected chi connectivity index (χ4v) is 2.31. The second-order valence-electron chi connectivity index (χ2n) is 4.00. The van der Waals surface area contributed by atoms with Crippen LogP contribution in [0.4, 0.5) is 5.95 Å². The second-order valence-corrected chi connectivity index (χ2v) is 4.86. The number of carbonyl (C=O) groups excluding carboxylic acids is 1. The molecule has 100 valence electrons. The summed E-state index contributed by atoms with van der Waals surface area (Å²) in [5.74, 6) is 0.0901. The molecule has 0 bridgehead atoms. The zero-order chi connectivity index (χ0) is 13.9. The molecule has 0 saturated heterocycles. The van der Waals surface area contributed by atoms with Crippen molar-refractivity contribution < 1.29 is 4.79 Å². The maximum atomic E-state index is 12.0. The number of anilines is 1. The Morgan fingerprint density at radius 3 is 2.90 bits per heavy atom. The van der Waals surface area contributed by atoms with E-state index in [4.69, 9.17) is 0 Å². The largest absolute Gasteiger partial charge is 0.328 e. The Balaban J connectivity index is 1.78. The van der Waals surface area contributed by atoms with Crippen molar-refractivity contribution in [3.05, 3.63) is 41.6 Å². The van der Waals surface area contributed by atoms with Gasteiger partial charge in [-0.25, -0.2) is 9.97 Å². The highest BCUT2D eigenvalue weighted by atomic mass is 32.1. The van der Waals surface area contributed by atoms with Gasteiger partial charge in [-0.1, -0.05) is 0 Å². The lowest BCUT2D eigenvalue weighted by molar-refractivity contribution is 0.102. The molecule has 0 aliphatic heterocycles. The molecule has 0 aliphatic rings. The van der Waals surface area contributed by atoms with Crippen molar-refractivity contribution in [2.75, 3.05) is 5.32 Å². The van der Waals surface area contributed by atoms with Gasteiger partial charge < -0.3 is 4.98 Å². The van der Waals surface area contributed by atoms with Crippen molar-refractivity contribution in [2.24, 2.45) is 0 Å². The lowest BCUT2D eigenvalue weighted by Gasteiger charge is -1.97. The predicted molar refractivity (Wildman–Crippen MR) is 74.4 cm³/mol. The summed E-state index contributed by atoms with van der Waals surface area (Å²) in [6, 6.07) is 0.